The van der Waals surface area contributed by atoms with Crippen molar-refractivity contribution in [2.75, 3.05) is 18.5 Å². The van der Waals surface area contributed by atoms with Gasteiger partial charge in [0.25, 0.3) is 15.9 Å². The van der Waals surface area contributed by atoms with E-state index in [9.17, 15) is 22.0 Å². The summed E-state index contributed by atoms with van der Waals surface area (Å²) in [6, 6.07) is 18.1. The molecule has 1 N–H and O–H groups in total. The van der Waals surface area contributed by atoms with Crippen LogP contribution in [0.25, 0.3) is 0 Å². The maximum absolute atomic E-state index is 13.0. The molecule has 0 saturated carbocycles. The second kappa shape index (κ2) is 10.3. The van der Waals surface area contributed by atoms with Gasteiger partial charge in [-0.1, -0.05) is 24.3 Å². The van der Waals surface area contributed by atoms with E-state index in [0.29, 0.717) is 17.0 Å². The number of carbonyl (C=O) groups is 1. The van der Waals surface area contributed by atoms with Gasteiger partial charge in [0.2, 0.25) is 0 Å². The molecule has 0 atom stereocenters. The minimum absolute atomic E-state index is 0.0158. The Morgan fingerprint density at radius 1 is 1.00 bits per heavy atom. The highest BCUT2D eigenvalue weighted by Gasteiger charge is 2.24. The number of amides is 1. The summed E-state index contributed by atoms with van der Waals surface area (Å²) in [4.78, 5) is 12.4. The Kier molecular flexibility index (Phi) is 7.49. The Morgan fingerprint density at radius 2 is 1.64 bits per heavy atom. The third-order valence-corrected chi connectivity index (χ3v) is 6.59. The van der Waals surface area contributed by atoms with Crippen LogP contribution < -0.4 is 19.1 Å². The Bertz CT molecular complexity index is 1200. The van der Waals surface area contributed by atoms with Gasteiger partial charge in [-0.15, -0.1) is 0 Å². The summed E-state index contributed by atoms with van der Waals surface area (Å²) in [7, 11) is -1.00. The number of sulfonamides is 1. The number of ether oxygens (including phenoxy) is 2. The largest absolute Gasteiger partial charge is 0.495 e. The molecule has 7 nitrogen and oxygen atoms in total. The number of nitrogens with zero attached hydrogens (tertiary/aromatic N) is 1. The van der Waals surface area contributed by atoms with E-state index >= 15 is 0 Å². The van der Waals surface area contributed by atoms with Crippen LogP contribution in [0.4, 0.5) is 14.5 Å². The Balaban J connectivity index is 1.67. The fourth-order valence-corrected chi connectivity index (χ4v) is 4.23. The van der Waals surface area contributed by atoms with Crippen LogP contribution in [0.3, 0.4) is 0 Å². The summed E-state index contributed by atoms with van der Waals surface area (Å²) < 4.78 is 61.0. The van der Waals surface area contributed by atoms with E-state index in [2.05, 4.69) is 10.1 Å². The first-order valence-electron chi connectivity index (χ1n) is 9.76. The van der Waals surface area contributed by atoms with Crippen molar-refractivity contribution < 1.29 is 31.5 Å². The number of hydrogen-bond donors (Lipinski definition) is 1. The summed E-state index contributed by atoms with van der Waals surface area (Å²) in [5.41, 5.74) is 1.33. The molecule has 0 heterocycles. The summed E-state index contributed by atoms with van der Waals surface area (Å²) in [6.07, 6.45) is 0. The van der Waals surface area contributed by atoms with Crippen molar-refractivity contribution >= 4 is 21.6 Å². The zero-order valence-corrected chi connectivity index (χ0v) is 18.7. The van der Waals surface area contributed by atoms with Crippen LogP contribution in [0.15, 0.2) is 77.7 Å². The van der Waals surface area contributed by atoms with Crippen LogP contribution in [-0.2, 0) is 16.6 Å². The lowest BCUT2D eigenvalue weighted by Crippen LogP contribution is -2.27. The van der Waals surface area contributed by atoms with Crippen LogP contribution in [-0.4, -0.2) is 35.1 Å². The highest BCUT2D eigenvalue weighted by atomic mass is 32.2. The topological polar surface area (TPSA) is 84.9 Å². The maximum atomic E-state index is 13.0. The lowest BCUT2D eigenvalue weighted by atomic mass is 10.2. The summed E-state index contributed by atoms with van der Waals surface area (Å²) in [6.45, 7) is -2.75. The van der Waals surface area contributed by atoms with E-state index in [4.69, 9.17) is 4.74 Å². The smallest absolute Gasteiger partial charge is 0.387 e. The molecule has 174 valence electrons. The van der Waals surface area contributed by atoms with Crippen molar-refractivity contribution in [3.8, 4) is 11.5 Å². The standard InChI is InChI=1S/C23H22F2N2O5S/c1-27(20-5-3-4-6-21(20)31-2)33(29,30)19-13-9-17(10-14-19)22(28)26-15-16-7-11-18(12-8-16)32-23(24)25/h3-14,23H,15H2,1-2H3,(H,26,28). The molecule has 0 aromatic heterocycles. The number of alkyl halides is 2. The highest BCUT2D eigenvalue weighted by molar-refractivity contribution is 7.92. The van der Waals surface area contributed by atoms with Crippen molar-refractivity contribution in [1.29, 1.82) is 0 Å². The Hall–Kier alpha value is -3.66. The minimum atomic E-state index is -3.88. The lowest BCUT2D eigenvalue weighted by Gasteiger charge is -2.21. The average molecular weight is 477 g/mol. The van der Waals surface area contributed by atoms with Gasteiger partial charge in [-0.3, -0.25) is 9.10 Å². The van der Waals surface area contributed by atoms with Gasteiger partial charge in [-0.2, -0.15) is 8.78 Å². The molecule has 3 aromatic carbocycles. The predicted molar refractivity (Wildman–Crippen MR) is 119 cm³/mol. The molecule has 0 unspecified atom stereocenters. The van der Waals surface area contributed by atoms with E-state index in [1.807, 2.05) is 0 Å². The zero-order chi connectivity index (χ0) is 24.0. The van der Waals surface area contributed by atoms with Gasteiger partial charge in [0, 0.05) is 19.2 Å². The fraction of sp³-hybridized carbons (Fsp3) is 0.174. The third kappa shape index (κ3) is 5.78. The van der Waals surface area contributed by atoms with Crippen LogP contribution in [0.5, 0.6) is 11.5 Å². The first kappa shape index (κ1) is 24.0. The molecule has 0 saturated heterocycles. The molecule has 1 amide bonds. The van der Waals surface area contributed by atoms with Crippen molar-refractivity contribution in [3.05, 3.63) is 83.9 Å². The molecule has 0 aliphatic rings. The van der Waals surface area contributed by atoms with Crippen molar-refractivity contribution in [2.24, 2.45) is 0 Å². The van der Waals surface area contributed by atoms with E-state index in [1.54, 1.807) is 36.4 Å². The molecule has 0 fully saturated rings. The van der Waals surface area contributed by atoms with Crippen LogP contribution in [0.1, 0.15) is 15.9 Å². The van der Waals surface area contributed by atoms with Gasteiger partial charge in [0.1, 0.15) is 11.5 Å². The molecule has 0 aliphatic carbocycles. The number of anilines is 1. The normalized spacial score (nSPS) is 11.2. The van der Waals surface area contributed by atoms with Gasteiger partial charge in [0.15, 0.2) is 0 Å². The zero-order valence-electron chi connectivity index (χ0n) is 17.9. The molecule has 10 heteroatoms. The first-order valence-corrected chi connectivity index (χ1v) is 11.2. The summed E-state index contributed by atoms with van der Waals surface area (Å²) in [5, 5.41) is 2.69. The van der Waals surface area contributed by atoms with Crippen LogP contribution in [0, 0.1) is 0 Å². The number of carbonyl (C=O) groups excluding carboxylic acids is 1. The van der Waals surface area contributed by atoms with E-state index < -0.39 is 22.5 Å². The maximum Gasteiger partial charge on any atom is 0.387 e. The minimum Gasteiger partial charge on any atom is -0.495 e. The number of hydrogen-bond acceptors (Lipinski definition) is 5. The van der Waals surface area contributed by atoms with Crippen molar-refractivity contribution in [1.82, 2.24) is 5.32 Å². The molecular weight excluding hydrogens is 454 g/mol. The predicted octanol–water partition coefficient (Wildman–Crippen LogP) is 4.05. The van der Waals surface area contributed by atoms with Crippen LogP contribution in [0.2, 0.25) is 0 Å². The van der Waals surface area contributed by atoms with Crippen molar-refractivity contribution in [3.63, 3.8) is 0 Å². The monoisotopic (exact) mass is 476 g/mol. The van der Waals surface area contributed by atoms with E-state index in [0.717, 1.165) is 4.31 Å². The SMILES string of the molecule is COc1ccccc1N(C)S(=O)(=O)c1ccc(C(=O)NCc2ccc(OC(F)F)cc2)cc1. The van der Waals surface area contributed by atoms with Crippen molar-refractivity contribution in [2.45, 2.75) is 18.1 Å². The number of para-hydroxylation sites is 2. The molecule has 3 aromatic rings. The van der Waals surface area contributed by atoms with Gasteiger partial charge >= 0.3 is 6.61 Å². The summed E-state index contributed by atoms with van der Waals surface area (Å²) >= 11 is 0. The lowest BCUT2D eigenvalue weighted by molar-refractivity contribution is -0.0498. The number of halogens is 2. The Morgan fingerprint density at radius 3 is 2.24 bits per heavy atom. The highest BCUT2D eigenvalue weighted by Crippen LogP contribution is 2.30. The molecule has 0 radical (unpaired) electrons. The van der Waals surface area contributed by atoms with E-state index in [1.165, 1.54) is 50.6 Å². The Labute approximate surface area is 190 Å². The number of methoxy groups -OCH3 is 1. The second-order valence-electron chi connectivity index (χ2n) is 6.87. The number of rotatable bonds is 9. The quantitative estimate of drug-likeness (QED) is 0.504. The first-order chi connectivity index (χ1) is 15.7. The molecule has 0 spiro atoms. The molecule has 0 bridgehead atoms. The van der Waals surface area contributed by atoms with E-state index in [-0.39, 0.29) is 22.8 Å². The summed E-state index contributed by atoms with van der Waals surface area (Å²) in [5.74, 6) is 0.0216. The molecule has 3 rings (SSSR count). The fourth-order valence-electron chi connectivity index (χ4n) is 3.03. The number of benzene rings is 3. The van der Waals surface area contributed by atoms with Gasteiger partial charge < -0.3 is 14.8 Å². The molecular formula is C23H22F2N2O5S. The van der Waals surface area contributed by atoms with Crippen LogP contribution >= 0.6 is 0 Å². The van der Waals surface area contributed by atoms with Gasteiger partial charge in [0.05, 0.1) is 17.7 Å². The van der Waals surface area contributed by atoms with Gasteiger partial charge in [-0.05, 0) is 54.1 Å². The number of nitrogens with one attached hydrogen (secondary N) is 1. The average Bonchev–Trinajstić information content (AvgIpc) is 2.82. The third-order valence-electron chi connectivity index (χ3n) is 4.80. The molecule has 0 aliphatic heterocycles. The van der Waals surface area contributed by atoms with Gasteiger partial charge in [-0.25, -0.2) is 8.42 Å². The second-order valence-corrected chi connectivity index (χ2v) is 8.84. The molecule has 33 heavy (non-hydrogen) atoms.